The molecule has 0 N–H and O–H groups in total. The SMILES string of the molecule is CC(=O)OCCCCOC(=O)/C=C/c1ccc(OC(=O)c2ccc(OCCCC(F)(F)F)cc2)cc1. The van der Waals surface area contributed by atoms with Gasteiger partial charge in [0.15, 0.2) is 0 Å². The summed E-state index contributed by atoms with van der Waals surface area (Å²) in [5.74, 6) is -0.825. The van der Waals surface area contributed by atoms with Crippen LogP contribution < -0.4 is 9.47 Å². The van der Waals surface area contributed by atoms with Gasteiger partial charge in [0.25, 0.3) is 0 Å². The molecule has 2 rings (SSSR count). The van der Waals surface area contributed by atoms with Crippen LogP contribution in [0.5, 0.6) is 11.5 Å². The van der Waals surface area contributed by atoms with E-state index in [9.17, 15) is 27.6 Å². The van der Waals surface area contributed by atoms with Gasteiger partial charge >= 0.3 is 24.1 Å². The molecule has 0 aromatic heterocycles. The first kappa shape index (κ1) is 28.4. The van der Waals surface area contributed by atoms with Gasteiger partial charge in [0.2, 0.25) is 0 Å². The van der Waals surface area contributed by atoms with E-state index in [-0.39, 0.29) is 37.8 Å². The molecular formula is C26H27F3O7. The third-order valence-corrected chi connectivity index (χ3v) is 4.55. The van der Waals surface area contributed by atoms with Crippen LogP contribution in [0.25, 0.3) is 6.08 Å². The maximum absolute atomic E-state index is 12.3. The fourth-order valence-electron chi connectivity index (χ4n) is 2.77. The van der Waals surface area contributed by atoms with Crippen LogP contribution in [0.4, 0.5) is 13.2 Å². The topological polar surface area (TPSA) is 88.1 Å². The molecule has 0 aliphatic heterocycles. The summed E-state index contributed by atoms with van der Waals surface area (Å²) in [4.78, 5) is 34.7. The Morgan fingerprint density at radius 1 is 0.806 bits per heavy atom. The molecule has 7 nitrogen and oxygen atoms in total. The Bertz CT molecular complexity index is 1010. The number of alkyl halides is 3. The highest BCUT2D eigenvalue weighted by molar-refractivity contribution is 5.91. The van der Waals surface area contributed by atoms with Crippen LogP contribution in [0.1, 0.15) is 48.5 Å². The number of ether oxygens (including phenoxy) is 4. The second-order valence-electron chi connectivity index (χ2n) is 7.60. The highest BCUT2D eigenvalue weighted by atomic mass is 19.4. The molecule has 0 aliphatic carbocycles. The number of hydrogen-bond acceptors (Lipinski definition) is 7. The van der Waals surface area contributed by atoms with Crippen molar-refractivity contribution in [2.24, 2.45) is 0 Å². The number of rotatable bonds is 13. The van der Waals surface area contributed by atoms with Gasteiger partial charge in [-0.2, -0.15) is 13.2 Å². The molecule has 0 aliphatic rings. The van der Waals surface area contributed by atoms with Crippen LogP contribution in [0.2, 0.25) is 0 Å². The van der Waals surface area contributed by atoms with Gasteiger partial charge in [-0.3, -0.25) is 4.79 Å². The van der Waals surface area contributed by atoms with E-state index >= 15 is 0 Å². The van der Waals surface area contributed by atoms with Crippen LogP contribution in [0.3, 0.4) is 0 Å². The number of benzene rings is 2. The zero-order chi connectivity index (χ0) is 26.4. The minimum Gasteiger partial charge on any atom is -0.494 e. The van der Waals surface area contributed by atoms with Crippen LogP contribution in [0, 0.1) is 0 Å². The molecule has 2 aromatic rings. The average molecular weight is 508 g/mol. The molecule has 0 saturated heterocycles. The minimum absolute atomic E-state index is 0.0839. The lowest BCUT2D eigenvalue weighted by atomic mass is 10.2. The number of esters is 3. The summed E-state index contributed by atoms with van der Waals surface area (Å²) in [7, 11) is 0. The Kier molecular flexibility index (Phi) is 11.5. The smallest absolute Gasteiger partial charge is 0.389 e. The van der Waals surface area contributed by atoms with Crippen LogP contribution in [-0.4, -0.2) is 43.9 Å². The molecule has 0 heterocycles. The quantitative estimate of drug-likeness (QED) is 0.152. The largest absolute Gasteiger partial charge is 0.494 e. The maximum Gasteiger partial charge on any atom is 0.389 e. The van der Waals surface area contributed by atoms with Crippen molar-refractivity contribution < 1.29 is 46.5 Å². The molecule has 36 heavy (non-hydrogen) atoms. The molecule has 10 heteroatoms. The van der Waals surface area contributed by atoms with Gasteiger partial charge in [0.05, 0.1) is 25.4 Å². The lowest BCUT2D eigenvalue weighted by Crippen LogP contribution is -2.10. The predicted octanol–water partition coefficient (Wildman–Crippen LogP) is 5.53. The van der Waals surface area contributed by atoms with Crippen molar-refractivity contribution in [3.05, 3.63) is 65.7 Å². The molecule has 0 saturated carbocycles. The van der Waals surface area contributed by atoms with Crippen molar-refractivity contribution in [3.63, 3.8) is 0 Å². The summed E-state index contributed by atoms with van der Waals surface area (Å²) in [5, 5.41) is 0. The fraction of sp³-hybridized carbons (Fsp3) is 0.346. The van der Waals surface area contributed by atoms with E-state index in [4.69, 9.17) is 18.9 Å². The van der Waals surface area contributed by atoms with Crippen molar-refractivity contribution in [1.29, 1.82) is 0 Å². The van der Waals surface area contributed by atoms with E-state index in [1.807, 2.05) is 0 Å². The minimum atomic E-state index is -4.22. The van der Waals surface area contributed by atoms with Crippen molar-refractivity contribution in [3.8, 4) is 11.5 Å². The van der Waals surface area contributed by atoms with Crippen LogP contribution in [0.15, 0.2) is 54.6 Å². The normalized spacial score (nSPS) is 11.2. The molecule has 0 spiro atoms. The highest BCUT2D eigenvalue weighted by Crippen LogP contribution is 2.22. The van der Waals surface area contributed by atoms with Crippen LogP contribution in [-0.2, 0) is 19.1 Å². The standard InChI is InChI=1S/C26H27F3O7/c1-19(30)33-16-2-3-17-35-24(31)14-7-20-5-10-23(11-6-20)36-25(32)21-8-12-22(13-9-21)34-18-4-15-26(27,28)29/h5-14H,2-4,15-18H2,1H3/b14-7+. The number of halogens is 3. The molecule has 0 bridgehead atoms. The summed E-state index contributed by atoms with van der Waals surface area (Å²) in [6.45, 7) is 1.74. The highest BCUT2D eigenvalue weighted by Gasteiger charge is 2.26. The Hall–Kier alpha value is -3.82. The molecule has 0 atom stereocenters. The second-order valence-corrected chi connectivity index (χ2v) is 7.60. The zero-order valence-electron chi connectivity index (χ0n) is 19.7. The van der Waals surface area contributed by atoms with E-state index in [0.29, 0.717) is 29.9 Å². The van der Waals surface area contributed by atoms with Crippen molar-refractivity contribution in [2.45, 2.75) is 38.8 Å². The average Bonchev–Trinajstić information content (AvgIpc) is 2.83. The predicted molar refractivity (Wildman–Crippen MR) is 124 cm³/mol. The van der Waals surface area contributed by atoms with Gasteiger partial charge in [-0.05, 0) is 67.3 Å². The van der Waals surface area contributed by atoms with Crippen molar-refractivity contribution >= 4 is 24.0 Å². The van der Waals surface area contributed by atoms with E-state index in [1.165, 1.54) is 37.3 Å². The Morgan fingerprint density at radius 3 is 2.03 bits per heavy atom. The van der Waals surface area contributed by atoms with Gasteiger partial charge in [0.1, 0.15) is 11.5 Å². The monoisotopic (exact) mass is 508 g/mol. The fourth-order valence-corrected chi connectivity index (χ4v) is 2.77. The first-order valence-electron chi connectivity index (χ1n) is 11.2. The number of unbranched alkanes of at least 4 members (excludes halogenated alkanes) is 1. The Labute approximate surface area is 206 Å². The van der Waals surface area contributed by atoms with Gasteiger partial charge in [-0.15, -0.1) is 0 Å². The van der Waals surface area contributed by atoms with Crippen molar-refractivity contribution in [2.75, 3.05) is 19.8 Å². The molecule has 0 fully saturated rings. The lowest BCUT2D eigenvalue weighted by Gasteiger charge is -2.09. The summed E-state index contributed by atoms with van der Waals surface area (Å²) in [6.07, 6.45) is -1.29. The lowest BCUT2D eigenvalue weighted by molar-refractivity contribution is -0.142. The number of carbonyl (C=O) groups is 3. The van der Waals surface area contributed by atoms with Crippen molar-refractivity contribution in [1.82, 2.24) is 0 Å². The number of carbonyl (C=O) groups excluding carboxylic acids is 3. The third-order valence-electron chi connectivity index (χ3n) is 4.55. The van der Waals surface area contributed by atoms with E-state index < -0.39 is 24.5 Å². The Morgan fingerprint density at radius 2 is 1.42 bits per heavy atom. The van der Waals surface area contributed by atoms with E-state index in [0.717, 1.165) is 0 Å². The summed E-state index contributed by atoms with van der Waals surface area (Å²) in [5.41, 5.74) is 0.936. The first-order valence-corrected chi connectivity index (χ1v) is 11.2. The maximum atomic E-state index is 12.3. The zero-order valence-corrected chi connectivity index (χ0v) is 19.7. The first-order chi connectivity index (χ1) is 17.1. The molecule has 0 radical (unpaired) electrons. The summed E-state index contributed by atoms with van der Waals surface area (Å²) < 4.78 is 56.8. The van der Waals surface area contributed by atoms with Gasteiger partial charge in [0, 0.05) is 19.4 Å². The van der Waals surface area contributed by atoms with Crippen LogP contribution >= 0.6 is 0 Å². The molecule has 0 amide bonds. The Balaban J connectivity index is 1.73. The van der Waals surface area contributed by atoms with E-state index in [2.05, 4.69) is 0 Å². The molecule has 0 unspecified atom stereocenters. The molecular weight excluding hydrogens is 481 g/mol. The van der Waals surface area contributed by atoms with Gasteiger partial charge < -0.3 is 18.9 Å². The number of hydrogen-bond donors (Lipinski definition) is 0. The van der Waals surface area contributed by atoms with Gasteiger partial charge in [-0.25, -0.2) is 9.59 Å². The summed E-state index contributed by atoms with van der Waals surface area (Å²) in [6, 6.07) is 12.3. The summed E-state index contributed by atoms with van der Waals surface area (Å²) >= 11 is 0. The second kappa shape index (κ2) is 14.6. The van der Waals surface area contributed by atoms with Gasteiger partial charge in [-0.1, -0.05) is 12.1 Å². The molecule has 194 valence electrons. The van der Waals surface area contributed by atoms with E-state index in [1.54, 1.807) is 30.3 Å². The third kappa shape index (κ3) is 12.0. The molecule has 2 aromatic carbocycles.